The minimum atomic E-state index is -0.508. The maximum atomic E-state index is 10.2. The summed E-state index contributed by atoms with van der Waals surface area (Å²) < 4.78 is 10.8. The van der Waals surface area contributed by atoms with E-state index in [-0.39, 0.29) is 19.0 Å². The standard InChI is InChI=1S/C19H23NO3.ClH/c1-22-18-7-4-8-19(11-18)23-14-17(21)13-20-10-9-15-5-2-3-6-16(15)12-20;/h2-8,11,17,21H,9-10,12-14H2,1H3;1H/p-1. The smallest absolute Gasteiger partial charge is 0.123 e. The lowest BCUT2D eigenvalue weighted by Gasteiger charge is -2.30. The summed E-state index contributed by atoms with van der Waals surface area (Å²) >= 11 is 0. The van der Waals surface area contributed by atoms with Crippen LogP contribution < -0.4 is 21.9 Å². The van der Waals surface area contributed by atoms with Crippen molar-refractivity contribution < 1.29 is 27.0 Å². The van der Waals surface area contributed by atoms with Gasteiger partial charge in [-0.05, 0) is 29.7 Å². The van der Waals surface area contributed by atoms with Crippen LogP contribution in [0.5, 0.6) is 11.5 Å². The predicted molar refractivity (Wildman–Crippen MR) is 89.9 cm³/mol. The quantitative estimate of drug-likeness (QED) is 0.764. The van der Waals surface area contributed by atoms with E-state index in [2.05, 4.69) is 29.2 Å². The lowest BCUT2D eigenvalue weighted by Crippen LogP contribution is -3.00. The minimum absolute atomic E-state index is 0. The monoisotopic (exact) mass is 348 g/mol. The summed E-state index contributed by atoms with van der Waals surface area (Å²) in [6.45, 7) is 2.78. The van der Waals surface area contributed by atoms with E-state index in [1.165, 1.54) is 11.1 Å². The average molecular weight is 349 g/mol. The van der Waals surface area contributed by atoms with Gasteiger partial charge >= 0.3 is 0 Å². The number of benzene rings is 2. The molecule has 1 N–H and O–H groups in total. The Labute approximate surface area is 149 Å². The molecule has 2 aromatic carbocycles. The third-order valence-electron chi connectivity index (χ3n) is 4.16. The number of halogens is 1. The number of aliphatic hydroxyl groups excluding tert-OH is 1. The Balaban J connectivity index is 0.00000208. The molecule has 24 heavy (non-hydrogen) atoms. The molecule has 2 aromatic rings. The molecule has 0 spiro atoms. The predicted octanol–water partition coefficient (Wildman–Crippen LogP) is -0.503. The van der Waals surface area contributed by atoms with Crippen LogP contribution in [0.25, 0.3) is 0 Å². The SMILES string of the molecule is COc1cccc(OCC(O)CN2CCc3ccccc3C2)c1.[Cl-]. The molecular formula is C19H23ClNO3-. The van der Waals surface area contributed by atoms with E-state index in [1.54, 1.807) is 7.11 Å². The molecule has 5 heteroatoms. The van der Waals surface area contributed by atoms with E-state index in [1.807, 2.05) is 24.3 Å². The fourth-order valence-electron chi connectivity index (χ4n) is 2.94. The van der Waals surface area contributed by atoms with E-state index < -0.39 is 6.10 Å². The van der Waals surface area contributed by atoms with Crippen molar-refractivity contribution in [1.82, 2.24) is 4.90 Å². The molecule has 130 valence electrons. The number of hydrogen-bond acceptors (Lipinski definition) is 4. The largest absolute Gasteiger partial charge is 1.00 e. The number of fused-ring (bicyclic) bond motifs is 1. The topological polar surface area (TPSA) is 41.9 Å². The first-order valence-electron chi connectivity index (χ1n) is 7.98. The molecule has 1 aliphatic rings. The third kappa shape index (κ3) is 4.87. The van der Waals surface area contributed by atoms with Gasteiger partial charge in [0.1, 0.15) is 24.2 Å². The van der Waals surface area contributed by atoms with Crippen LogP contribution in [-0.4, -0.2) is 42.9 Å². The van der Waals surface area contributed by atoms with Crippen molar-refractivity contribution in [1.29, 1.82) is 0 Å². The first-order valence-corrected chi connectivity index (χ1v) is 7.98. The van der Waals surface area contributed by atoms with Crippen molar-refractivity contribution >= 4 is 0 Å². The van der Waals surface area contributed by atoms with Crippen molar-refractivity contribution in [2.75, 3.05) is 26.8 Å². The first kappa shape index (κ1) is 18.6. The maximum absolute atomic E-state index is 10.2. The van der Waals surface area contributed by atoms with Gasteiger partial charge in [0, 0.05) is 25.7 Å². The van der Waals surface area contributed by atoms with Crippen LogP contribution in [0.15, 0.2) is 48.5 Å². The summed E-state index contributed by atoms with van der Waals surface area (Å²) in [6.07, 6.45) is 0.533. The van der Waals surface area contributed by atoms with Gasteiger partial charge in [-0.3, -0.25) is 4.90 Å². The molecular weight excluding hydrogens is 326 g/mol. The summed E-state index contributed by atoms with van der Waals surface area (Å²) in [5.41, 5.74) is 2.78. The molecule has 1 aliphatic heterocycles. The van der Waals surface area contributed by atoms with E-state index >= 15 is 0 Å². The van der Waals surface area contributed by atoms with Gasteiger partial charge in [-0.1, -0.05) is 30.3 Å². The van der Waals surface area contributed by atoms with Crippen molar-refractivity contribution in [3.05, 3.63) is 59.7 Å². The van der Waals surface area contributed by atoms with Crippen LogP contribution in [0.2, 0.25) is 0 Å². The van der Waals surface area contributed by atoms with Crippen LogP contribution in [0.1, 0.15) is 11.1 Å². The molecule has 0 saturated heterocycles. The summed E-state index contributed by atoms with van der Waals surface area (Å²) in [7, 11) is 1.63. The summed E-state index contributed by atoms with van der Waals surface area (Å²) in [4.78, 5) is 2.28. The second-order valence-corrected chi connectivity index (χ2v) is 5.90. The summed E-state index contributed by atoms with van der Waals surface area (Å²) in [5, 5.41) is 10.2. The van der Waals surface area contributed by atoms with Crippen LogP contribution in [-0.2, 0) is 13.0 Å². The number of aliphatic hydroxyl groups is 1. The fraction of sp³-hybridized carbons (Fsp3) is 0.368. The average Bonchev–Trinajstić information content (AvgIpc) is 2.60. The van der Waals surface area contributed by atoms with Gasteiger partial charge < -0.3 is 27.0 Å². The Morgan fingerprint density at radius 2 is 1.83 bits per heavy atom. The Morgan fingerprint density at radius 1 is 1.08 bits per heavy atom. The lowest BCUT2D eigenvalue weighted by molar-refractivity contribution is -0.00000744. The second kappa shape index (κ2) is 8.92. The molecule has 1 atom stereocenters. The number of β-amino-alcohol motifs (C(OH)–C–C–N with tert-alkyl or cyclic N) is 1. The van der Waals surface area contributed by atoms with Gasteiger partial charge in [0.2, 0.25) is 0 Å². The Morgan fingerprint density at radius 3 is 2.62 bits per heavy atom. The van der Waals surface area contributed by atoms with Crippen LogP contribution in [0.3, 0.4) is 0 Å². The van der Waals surface area contributed by atoms with Gasteiger partial charge in [0.25, 0.3) is 0 Å². The van der Waals surface area contributed by atoms with Crippen molar-refractivity contribution in [2.24, 2.45) is 0 Å². The molecule has 3 rings (SSSR count). The van der Waals surface area contributed by atoms with Crippen LogP contribution in [0.4, 0.5) is 0 Å². The lowest BCUT2D eigenvalue weighted by atomic mass is 10.00. The van der Waals surface area contributed by atoms with Crippen molar-refractivity contribution in [3.8, 4) is 11.5 Å². The zero-order valence-corrected chi connectivity index (χ0v) is 14.6. The van der Waals surface area contributed by atoms with E-state index in [0.717, 1.165) is 25.3 Å². The minimum Gasteiger partial charge on any atom is -1.00 e. The molecule has 1 unspecified atom stereocenters. The summed E-state index contributed by atoms with van der Waals surface area (Å²) in [6, 6.07) is 16.0. The van der Waals surface area contributed by atoms with E-state index in [4.69, 9.17) is 9.47 Å². The van der Waals surface area contributed by atoms with Crippen LogP contribution >= 0.6 is 0 Å². The molecule has 0 fully saturated rings. The molecule has 4 nitrogen and oxygen atoms in total. The van der Waals surface area contributed by atoms with Crippen LogP contribution in [0, 0.1) is 0 Å². The fourth-order valence-corrected chi connectivity index (χ4v) is 2.94. The maximum Gasteiger partial charge on any atom is 0.123 e. The number of nitrogens with zero attached hydrogens (tertiary/aromatic N) is 1. The number of ether oxygens (including phenoxy) is 2. The molecule has 0 amide bonds. The van der Waals surface area contributed by atoms with Gasteiger partial charge in [0.05, 0.1) is 7.11 Å². The second-order valence-electron chi connectivity index (χ2n) is 5.90. The highest BCUT2D eigenvalue weighted by atomic mass is 35.5. The number of rotatable bonds is 6. The number of methoxy groups -OCH3 is 1. The first-order chi connectivity index (χ1) is 11.2. The van der Waals surface area contributed by atoms with Crippen molar-refractivity contribution in [2.45, 2.75) is 19.1 Å². The Bertz CT molecular complexity index is 650. The zero-order valence-electron chi connectivity index (χ0n) is 13.8. The highest BCUT2D eigenvalue weighted by Gasteiger charge is 2.18. The van der Waals surface area contributed by atoms with Gasteiger partial charge in [-0.15, -0.1) is 0 Å². The summed E-state index contributed by atoms with van der Waals surface area (Å²) in [5.74, 6) is 1.47. The molecule has 0 saturated carbocycles. The molecule has 0 aliphatic carbocycles. The van der Waals surface area contributed by atoms with E-state index in [0.29, 0.717) is 12.3 Å². The molecule has 1 heterocycles. The highest BCUT2D eigenvalue weighted by molar-refractivity contribution is 5.33. The molecule has 0 radical (unpaired) electrons. The van der Waals surface area contributed by atoms with Crippen molar-refractivity contribution in [3.63, 3.8) is 0 Å². The van der Waals surface area contributed by atoms with E-state index in [9.17, 15) is 5.11 Å². The molecule has 0 aromatic heterocycles. The Hall–Kier alpha value is -1.75. The number of hydrogen-bond donors (Lipinski definition) is 1. The normalized spacial score (nSPS) is 15.1. The third-order valence-corrected chi connectivity index (χ3v) is 4.16. The van der Waals surface area contributed by atoms with Gasteiger partial charge in [0.15, 0.2) is 0 Å². The highest BCUT2D eigenvalue weighted by Crippen LogP contribution is 2.20. The zero-order chi connectivity index (χ0) is 16.1. The molecule has 0 bridgehead atoms. The van der Waals surface area contributed by atoms with Gasteiger partial charge in [-0.2, -0.15) is 0 Å². The van der Waals surface area contributed by atoms with Gasteiger partial charge in [-0.25, -0.2) is 0 Å². The Kier molecular flexibility index (Phi) is 6.91.